The molecular weight excluding hydrogens is 366 g/mol. The number of furan rings is 1. The molecule has 0 saturated heterocycles. The third-order valence-corrected chi connectivity index (χ3v) is 3.88. The molecule has 122 valence electrons. The number of benzene rings is 1. The summed E-state index contributed by atoms with van der Waals surface area (Å²) in [7, 11) is 0. The largest absolute Gasteiger partial charge is 0.492 e. The van der Waals surface area contributed by atoms with Crippen LogP contribution in [0.1, 0.15) is 36.7 Å². The number of nitro groups is 1. The molecule has 23 heavy (non-hydrogen) atoms. The third kappa shape index (κ3) is 4.19. The van der Waals surface area contributed by atoms with Crippen LogP contribution in [0.25, 0.3) is 11.3 Å². The zero-order valence-electron chi connectivity index (χ0n) is 12.6. The topological polar surface area (TPSA) is 82.6 Å². The Morgan fingerprint density at radius 1 is 1.35 bits per heavy atom. The molecule has 1 aromatic carbocycles. The molecule has 0 aliphatic heterocycles. The van der Waals surface area contributed by atoms with Crippen LogP contribution in [0.15, 0.2) is 33.2 Å². The second-order valence-corrected chi connectivity index (χ2v) is 5.79. The van der Waals surface area contributed by atoms with Crippen LogP contribution in [0.5, 0.6) is 5.75 Å². The van der Waals surface area contributed by atoms with E-state index in [-0.39, 0.29) is 22.8 Å². The molecule has 1 heterocycles. The molecule has 0 amide bonds. The highest BCUT2D eigenvalue weighted by Gasteiger charge is 2.22. The van der Waals surface area contributed by atoms with Crippen LogP contribution in [0, 0.1) is 10.1 Å². The highest BCUT2D eigenvalue weighted by molar-refractivity contribution is 9.10. The van der Waals surface area contributed by atoms with Crippen molar-refractivity contribution in [3.8, 4) is 17.1 Å². The maximum absolute atomic E-state index is 11.3. The van der Waals surface area contributed by atoms with Crippen molar-refractivity contribution in [3.05, 3.63) is 44.6 Å². The van der Waals surface area contributed by atoms with Gasteiger partial charge in [0.2, 0.25) is 0 Å². The second-order valence-electron chi connectivity index (χ2n) is 4.93. The summed E-state index contributed by atoms with van der Waals surface area (Å²) < 4.78 is 11.5. The normalized spacial score (nSPS) is 10.5. The summed E-state index contributed by atoms with van der Waals surface area (Å²) in [6.07, 6.45) is 3.59. The predicted molar refractivity (Wildman–Crippen MR) is 88.9 cm³/mol. The van der Waals surface area contributed by atoms with E-state index in [0.29, 0.717) is 23.1 Å². The van der Waals surface area contributed by atoms with Crippen molar-refractivity contribution in [1.82, 2.24) is 0 Å². The molecule has 0 aliphatic rings. The van der Waals surface area contributed by atoms with E-state index in [1.165, 1.54) is 18.2 Å². The minimum Gasteiger partial charge on any atom is -0.492 e. The van der Waals surface area contributed by atoms with E-state index in [1.807, 2.05) is 0 Å². The molecule has 0 aliphatic carbocycles. The lowest BCUT2D eigenvalue weighted by Crippen LogP contribution is -1.99. The number of aldehydes is 1. The highest BCUT2D eigenvalue weighted by Crippen LogP contribution is 2.39. The number of carbonyl (C=O) groups is 1. The monoisotopic (exact) mass is 381 g/mol. The summed E-state index contributed by atoms with van der Waals surface area (Å²) in [5, 5.41) is 11.3. The Kier molecular flexibility index (Phi) is 5.92. The van der Waals surface area contributed by atoms with E-state index < -0.39 is 4.92 Å². The number of carbonyl (C=O) groups excluding carboxylic acids is 1. The summed E-state index contributed by atoms with van der Waals surface area (Å²) in [4.78, 5) is 21.5. The SMILES string of the molecule is CCCCCOc1cc(-c2ccc(C=O)o2)c([N+](=O)[O-])cc1Br. The minimum atomic E-state index is -0.496. The van der Waals surface area contributed by atoms with Gasteiger partial charge in [-0.25, -0.2) is 0 Å². The van der Waals surface area contributed by atoms with Crippen LogP contribution in [-0.4, -0.2) is 17.8 Å². The Balaban J connectivity index is 2.37. The number of ether oxygens (including phenoxy) is 1. The molecule has 2 aromatic rings. The van der Waals surface area contributed by atoms with E-state index in [0.717, 1.165) is 19.3 Å². The smallest absolute Gasteiger partial charge is 0.281 e. The van der Waals surface area contributed by atoms with Crippen molar-refractivity contribution in [3.63, 3.8) is 0 Å². The van der Waals surface area contributed by atoms with Crippen LogP contribution in [0.4, 0.5) is 5.69 Å². The zero-order valence-corrected chi connectivity index (χ0v) is 14.2. The number of hydrogen-bond donors (Lipinski definition) is 0. The van der Waals surface area contributed by atoms with Crippen LogP contribution >= 0.6 is 15.9 Å². The summed E-state index contributed by atoms with van der Waals surface area (Å²) in [6, 6.07) is 5.94. The van der Waals surface area contributed by atoms with Gasteiger partial charge in [-0.2, -0.15) is 0 Å². The van der Waals surface area contributed by atoms with Crippen molar-refractivity contribution >= 4 is 27.9 Å². The molecule has 0 spiro atoms. The van der Waals surface area contributed by atoms with Gasteiger partial charge in [-0.15, -0.1) is 0 Å². The van der Waals surface area contributed by atoms with Gasteiger partial charge in [0.05, 0.1) is 21.6 Å². The van der Waals surface area contributed by atoms with Gasteiger partial charge in [-0.1, -0.05) is 19.8 Å². The van der Waals surface area contributed by atoms with Gasteiger partial charge < -0.3 is 9.15 Å². The van der Waals surface area contributed by atoms with Crippen LogP contribution in [0.2, 0.25) is 0 Å². The molecular formula is C16H16BrNO5. The molecule has 0 radical (unpaired) electrons. The van der Waals surface area contributed by atoms with Gasteiger partial charge in [-0.3, -0.25) is 14.9 Å². The van der Waals surface area contributed by atoms with Crippen LogP contribution < -0.4 is 4.74 Å². The second kappa shape index (κ2) is 7.92. The first-order valence-electron chi connectivity index (χ1n) is 7.23. The maximum Gasteiger partial charge on any atom is 0.281 e. The highest BCUT2D eigenvalue weighted by atomic mass is 79.9. The average molecular weight is 382 g/mol. The zero-order chi connectivity index (χ0) is 16.8. The fourth-order valence-electron chi connectivity index (χ4n) is 2.10. The van der Waals surface area contributed by atoms with Crippen molar-refractivity contribution in [1.29, 1.82) is 0 Å². The fourth-order valence-corrected chi connectivity index (χ4v) is 2.54. The van der Waals surface area contributed by atoms with Crippen molar-refractivity contribution in [2.45, 2.75) is 26.2 Å². The quantitative estimate of drug-likeness (QED) is 0.278. The molecule has 0 saturated carbocycles. The Hall–Kier alpha value is -2.15. The lowest BCUT2D eigenvalue weighted by Gasteiger charge is -2.10. The number of rotatable bonds is 8. The van der Waals surface area contributed by atoms with Gasteiger partial charge in [0.15, 0.2) is 12.0 Å². The van der Waals surface area contributed by atoms with E-state index in [9.17, 15) is 14.9 Å². The van der Waals surface area contributed by atoms with E-state index in [2.05, 4.69) is 22.9 Å². The van der Waals surface area contributed by atoms with E-state index in [1.54, 1.807) is 6.07 Å². The lowest BCUT2D eigenvalue weighted by molar-refractivity contribution is -0.384. The van der Waals surface area contributed by atoms with Crippen molar-refractivity contribution < 1.29 is 18.9 Å². The summed E-state index contributed by atoms with van der Waals surface area (Å²) in [6.45, 7) is 2.63. The number of unbranched alkanes of at least 4 members (excludes halogenated alkanes) is 2. The lowest BCUT2D eigenvalue weighted by atomic mass is 10.1. The molecule has 1 aromatic heterocycles. The third-order valence-electron chi connectivity index (χ3n) is 3.26. The van der Waals surface area contributed by atoms with E-state index in [4.69, 9.17) is 9.15 Å². The first-order valence-corrected chi connectivity index (χ1v) is 8.02. The molecule has 7 heteroatoms. The molecule has 2 rings (SSSR count). The first-order chi connectivity index (χ1) is 11.1. The number of nitrogens with zero attached hydrogens (tertiary/aromatic N) is 1. The predicted octanol–water partition coefficient (Wildman–Crippen LogP) is 5.00. The molecule has 0 fully saturated rings. The average Bonchev–Trinajstić information content (AvgIpc) is 3.01. The summed E-state index contributed by atoms with van der Waals surface area (Å²) in [5.41, 5.74) is 0.154. The standard InChI is InChI=1S/C16H16BrNO5/c1-2-3-4-7-22-16-8-12(14(18(20)21)9-13(16)17)15-6-5-11(10-19)23-15/h5-6,8-10H,2-4,7H2,1H3. The van der Waals surface area contributed by atoms with Gasteiger partial charge >= 0.3 is 0 Å². The minimum absolute atomic E-state index is 0.114. The van der Waals surface area contributed by atoms with Gasteiger partial charge in [0.1, 0.15) is 11.5 Å². The van der Waals surface area contributed by atoms with Crippen molar-refractivity contribution in [2.75, 3.05) is 6.61 Å². The van der Waals surface area contributed by atoms with E-state index >= 15 is 0 Å². The Bertz CT molecular complexity index is 710. The molecule has 0 N–H and O–H groups in total. The Labute approximate surface area is 141 Å². The molecule has 6 nitrogen and oxygen atoms in total. The van der Waals surface area contributed by atoms with Crippen molar-refractivity contribution in [2.24, 2.45) is 0 Å². The summed E-state index contributed by atoms with van der Waals surface area (Å²) in [5.74, 6) is 0.873. The van der Waals surface area contributed by atoms with Crippen LogP contribution in [0.3, 0.4) is 0 Å². The first kappa shape index (κ1) is 17.2. The molecule has 0 bridgehead atoms. The fraction of sp³-hybridized carbons (Fsp3) is 0.312. The Morgan fingerprint density at radius 3 is 2.74 bits per heavy atom. The number of hydrogen-bond acceptors (Lipinski definition) is 5. The number of halogens is 1. The molecule has 0 unspecified atom stereocenters. The van der Waals surface area contributed by atoms with Gasteiger partial charge in [0, 0.05) is 6.07 Å². The van der Waals surface area contributed by atoms with Gasteiger partial charge in [0.25, 0.3) is 5.69 Å². The van der Waals surface area contributed by atoms with Crippen LogP contribution in [-0.2, 0) is 0 Å². The number of nitro benzene ring substituents is 1. The van der Waals surface area contributed by atoms with Gasteiger partial charge in [-0.05, 0) is 40.5 Å². The Morgan fingerprint density at radius 2 is 2.13 bits per heavy atom. The molecule has 0 atom stereocenters. The summed E-state index contributed by atoms with van der Waals surface area (Å²) >= 11 is 3.29. The maximum atomic E-state index is 11.3.